The molecule has 0 bridgehead atoms. The highest BCUT2D eigenvalue weighted by molar-refractivity contribution is 6.09. The van der Waals surface area contributed by atoms with Gasteiger partial charge >= 0.3 is 5.97 Å². The van der Waals surface area contributed by atoms with Crippen LogP contribution in [0.15, 0.2) is 12.3 Å². The van der Waals surface area contributed by atoms with Gasteiger partial charge in [-0.25, -0.2) is 4.79 Å². The summed E-state index contributed by atoms with van der Waals surface area (Å²) in [5.74, 6) is -1.44. The number of hydrogen-bond donors (Lipinski definition) is 0. The number of cyclic esters (lactones) is 1. The number of carbonyl (C=O) groups is 2. The predicted molar refractivity (Wildman–Crippen MR) is 77.9 cm³/mol. The lowest BCUT2D eigenvalue weighted by Gasteiger charge is -2.19. The molecule has 0 aromatic rings. The highest BCUT2D eigenvalue weighted by Crippen LogP contribution is 2.30. The number of ether oxygens (including phenoxy) is 4. The van der Waals surface area contributed by atoms with Gasteiger partial charge in [-0.15, -0.1) is 0 Å². The van der Waals surface area contributed by atoms with Crippen LogP contribution in [-0.2, 0) is 28.5 Å². The summed E-state index contributed by atoms with van der Waals surface area (Å²) in [6, 6.07) is 0. The van der Waals surface area contributed by atoms with E-state index in [0.717, 1.165) is 19.3 Å². The van der Waals surface area contributed by atoms with Gasteiger partial charge in [-0.2, -0.15) is 0 Å². The summed E-state index contributed by atoms with van der Waals surface area (Å²) in [6.07, 6.45) is 0.890. The molecule has 6 heteroatoms. The molecule has 2 aliphatic rings. The van der Waals surface area contributed by atoms with E-state index in [2.05, 4.69) is 13.5 Å². The van der Waals surface area contributed by atoms with Gasteiger partial charge in [0, 0.05) is 6.42 Å². The first kappa shape index (κ1) is 17.0. The minimum atomic E-state index is -1.23. The molecule has 2 rings (SSSR count). The van der Waals surface area contributed by atoms with Crippen molar-refractivity contribution >= 4 is 11.8 Å². The number of unbranched alkanes of at least 4 members (excludes halogenated alkanes) is 2. The van der Waals surface area contributed by atoms with Gasteiger partial charge in [0.25, 0.3) is 6.10 Å². The zero-order valence-electron chi connectivity index (χ0n) is 13.4. The summed E-state index contributed by atoms with van der Waals surface area (Å²) in [5.41, 5.74) is 0. The van der Waals surface area contributed by atoms with Gasteiger partial charge < -0.3 is 18.9 Å². The van der Waals surface area contributed by atoms with Crippen molar-refractivity contribution in [3.63, 3.8) is 0 Å². The molecule has 2 aliphatic heterocycles. The van der Waals surface area contributed by atoms with Crippen molar-refractivity contribution in [1.82, 2.24) is 0 Å². The molecule has 0 aromatic carbocycles. The number of hydrogen-bond acceptors (Lipinski definition) is 6. The van der Waals surface area contributed by atoms with Crippen LogP contribution in [0.5, 0.6) is 0 Å². The molecule has 0 amide bonds. The Morgan fingerprint density at radius 3 is 2.68 bits per heavy atom. The third kappa shape index (κ3) is 3.87. The lowest BCUT2D eigenvalue weighted by molar-refractivity contribution is -0.165. The summed E-state index contributed by atoms with van der Waals surface area (Å²) in [4.78, 5) is 24.2. The summed E-state index contributed by atoms with van der Waals surface area (Å²) < 4.78 is 21.5. The molecule has 2 heterocycles. The molecule has 2 fully saturated rings. The largest absolute Gasteiger partial charge is 0.476 e. The predicted octanol–water partition coefficient (Wildman–Crippen LogP) is 2.11. The first-order valence-electron chi connectivity index (χ1n) is 7.74. The zero-order chi connectivity index (χ0) is 16.3. The molecule has 0 radical (unpaired) electrons. The molecule has 0 spiro atoms. The highest BCUT2D eigenvalue weighted by atomic mass is 16.8. The van der Waals surface area contributed by atoms with Gasteiger partial charge in [0.15, 0.2) is 11.9 Å². The Labute approximate surface area is 130 Å². The second kappa shape index (κ2) is 6.79. The Hall–Kier alpha value is -1.40. The minimum absolute atomic E-state index is 0.209. The number of carbonyl (C=O) groups excluding carboxylic acids is 2. The van der Waals surface area contributed by atoms with Crippen LogP contribution in [0, 0.1) is 0 Å². The number of rotatable bonds is 7. The van der Waals surface area contributed by atoms with Crippen molar-refractivity contribution in [3.8, 4) is 0 Å². The Kier molecular flexibility index (Phi) is 5.24. The van der Waals surface area contributed by atoms with Gasteiger partial charge in [0.2, 0.25) is 5.78 Å². The maximum Gasteiger partial charge on any atom is 0.356 e. The van der Waals surface area contributed by atoms with Crippen molar-refractivity contribution < 1.29 is 28.5 Å². The summed E-state index contributed by atoms with van der Waals surface area (Å²) in [5, 5.41) is 0. The maximum absolute atomic E-state index is 12.3. The average molecular weight is 312 g/mol. The number of ketones is 1. The average Bonchev–Trinajstić information content (AvgIpc) is 2.93. The van der Waals surface area contributed by atoms with Crippen molar-refractivity contribution in [2.24, 2.45) is 0 Å². The van der Waals surface area contributed by atoms with Crippen molar-refractivity contribution in [2.45, 2.75) is 70.6 Å². The van der Waals surface area contributed by atoms with Gasteiger partial charge in [0.1, 0.15) is 6.10 Å². The van der Waals surface area contributed by atoms with E-state index in [1.165, 1.54) is 0 Å². The van der Waals surface area contributed by atoms with Crippen molar-refractivity contribution in [1.29, 1.82) is 0 Å². The van der Waals surface area contributed by atoms with Crippen LogP contribution >= 0.6 is 0 Å². The van der Waals surface area contributed by atoms with Gasteiger partial charge in [-0.1, -0.05) is 26.3 Å². The van der Waals surface area contributed by atoms with Crippen molar-refractivity contribution in [2.75, 3.05) is 6.61 Å². The van der Waals surface area contributed by atoms with E-state index in [1.807, 2.05) is 0 Å². The first-order chi connectivity index (χ1) is 10.3. The standard InChI is InChI=1S/C16H24O6/c1-5-6-7-8-10(2)20-14-12(17)13(21-15(14)18)11-9-19-16(3,4)22-11/h11,13-14H,2,5-9H2,1,3-4H3. The fourth-order valence-corrected chi connectivity index (χ4v) is 2.54. The van der Waals surface area contributed by atoms with E-state index in [1.54, 1.807) is 13.8 Å². The van der Waals surface area contributed by atoms with E-state index >= 15 is 0 Å². The van der Waals surface area contributed by atoms with Crippen LogP contribution in [-0.4, -0.2) is 42.5 Å². The number of allylic oxidation sites excluding steroid dienone is 1. The Morgan fingerprint density at radius 2 is 2.09 bits per heavy atom. The molecule has 124 valence electrons. The van der Waals surface area contributed by atoms with E-state index in [-0.39, 0.29) is 6.61 Å². The van der Waals surface area contributed by atoms with Crippen LogP contribution in [0.2, 0.25) is 0 Å². The Balaban J connectivity index is 1.90. The SMILES string of the molecule is C=C(CCCCC)OC1C(=O)OC(C2COC(C)(C)O2)C1=O. The second-order valence-corrected chi connectivity index (χ2v) is 6.12. The maximum atomic E-state index is 12.3. The molecule has 0 saturated carbocycles. The van der Waals surface area contributed by atoms with Gasteiger partial charge in [-0.05, 0) is 20.3 Å². The normalized spacial score (nSPS) is 30.4. The van der Waals surface area contributed by atoms with Crippen LogP contribution < -0.4 is 0 Å². The minimum Gasteiger partial charge on any atom is -0.476 e. The van der Waals surface area contributed by atoms with E-state index in [0.29, 0.717) is 12.2 Å². The van der Waals surface area contributed by atoms with Crippen LogP contribution in [0.25, 0.3) is 0 Å². The Bertz CT molecular complexity index is 456. The van der Waals surface area contributed by atoms with Crippen molar-refractivity contribution in [3.05, 3.63) is 12.3 Å². The lowest BCUT2D eigenvalue weighted by atomic mass is 10.1. The number of esters is 1. The third-order valence-corrected chi connectivity index (χ3v) is 3.71. The fourth-order valence-electron chi connectivity index (χ4n) is 2.54. The second-order valence-electron chi connectivity index (χ2n) is 6.12. The molecule has 0 N–H and O–H groups in total. The highest BCUT2D eigenvalue weighted by Gasteiger charge is 2.52. The first-order valence-corrected chi connectivity index (χ1v) is 7.74. The molecular weight excluding hydrogens is 288 g/mol. The van der Waals surface area contributed by atoms with E-state index in [9.17, 15) is 9.59 Å². The van der Waals surface area contributed by atoms with E-state index in [4.69, 9.17) is 18.9 Å². The molecule has 3 atom stereocenters. The van der Waals surface area contributed by atoms with Gasteiger partial charge in [-0.3, -0.25) is 4.79 Å². The molecule has 0 aliphatic carbocycles. The third-order valence-electron chi connectivity index (χ3n) is 3.71. The smallest absolute Gasteiger partial charge is 0.356 e. The quantitative estimate of drug-likeness (QED) is 0.310. The van der Waals surface area contributed by atoms with E-state index < -0.39 is 35.9 Å². The van der Waals surface area contributed by atoms with Crippen LogP contribution in [0.3, 0.4) is 0 Å². The molecule has 2 saturated heterocycles. The molecule has 0 aromatic heterocycles. The monoisotopic (exact) mass is 312 g/mol. The summed E-state index contributed by atoms with van der Waals surface area (Å²) >= 11 is 0. The summed E-state index contributed by atoms with van der Waals surface area (Å²) in [7, 11) is 0. The zero-order valence-corrected chi connectivity index (χ0v) is 13.4. The van der Waals surface area contributed by atoms with Gasteiger partial charge in [0.05, 0.1) is 12.4 Å². The topological polar surface area (TPSA) is 71.1 Å². The lowest BCUT2D eigenvalue weighted by Crippen LogP contribution is -2.37. The van der Waals surface area contributed by atoms with Crippen LogP contribution in [0.4, 0.5) is 0 Å². The fraction of sp³-hybridized carbons (Fsp3) is 0.750. The van der Waals surface area contributed by atoms with Crippen LogP contribution in [0.1, 0.15) is 46.5 Å². The Morgan fingerprint density at radius 1 is 1.36 bits per heavy atom. The number of Topliss-reactive ketones (excluding diaryl/α,β-unsaturated/α-hetero) is 1. The molecule has 3 unspecified atom stereocenters. The molecule has 6 nitrogen and oxygen atoms in total. The summed E-state index contributed by atoms with van der Waals surface area (Å²) in [6.45, 7) is 9.57. The molecule has 22 heavy (non-hydrogen) atoms. The molecular formula is C16H24O6.